The largest absolute Gasteiger partial charge is 0.328 e. The summed E-state index contributed by atoms with van der Waals surface area (Å²) in [6.45, 7) is 2.42. The van der Waals surface area contributed by atoms with E-state index in [1.165, 1.54) is 16.4 Å². The Morgan fingerprint density at radius 2 is 2.14 bits per heavy atom. The first-order valence-corrected chi connectivity index (χ1v) is 8.25. The third-order valence-electron chi connectivity index (χ3n) is 3.67. The number of nitro benzene ring substituents is 1. The monoisotopic (exact) mass is 369 g/mol. The van der Waals surface area contributed by atoms with Crippen LogP contribution in [0.1, 0.15) is 13.3 Å². The number of sulfonamides is 1. The lowest BCUT2D eigenvalue weighted by atomic mass is 10.0. The van der Waals surface area contributed by atoms with Gasteiger partial charge in [-0.25, -0.2) is 8.42 Å². The molecular formula is C12H17Cl2N3O4S. The Kier molecular flexibility index (Phi) is 6.17. The summed E-state index contributed by atoms with van der Waals surface area (Å²) in [5.41, 5.74) is 5.29. The van der Waals surface area contributed by atoms with E-state index in [9.17, 15) is 18.5 Å². The number of nitrogens with two attached hydrogens (primary N) is 1. The molecule has 0 radical (unpaired) electrons. The normalized spacial score (nSPS) is 20.4. The summed E-state index contributed by atoms with van der Waals surface area (Å²) >= 11 is 5.71. The van der Waals surface area contributed by atoms with E-state index < -0.39 is 20.6 Å². The van der Waals surface area contributed by atoms with Gasteiger partial charge in [0, 0.05) is 30.2 Å². The van der Waals surface area contributed by atoms with E-state index in [2.05, 4.69) is 0 Å². The number of hydrogen-bond donors (Lipinski definition) is 1. The summed E-state index contributed by atoms with van der Waals surface area (Å²) in [5, 5.41) is 11.2. The molecule has 0 saturated carbocycles. The minimum atomic E-state index is -3.92. The summed E-state index contributed by atoms with van der Waals surface area (Å²) in [4.78, 5) is 9.98. The molecule has 7 nitrogen and oxygen atoms in total. The van der Waals surface area contributed by atoms with Gasteiger partial charge >= 0.3 is 0 Å². The zero-order valence-corrected chi connectivity index (χ0v) is 14.2. The molecule has 0 amide bonds. The molecule has 1 aromatic rings. The van der Waals surface area contributed by atoms with Crippen molar-refractivity contribution in [3.63, 3.8) is 0 Å². The number of halogens is 2. The predicted molar refractivity (Wildman–Crippen MR) is 85.9 cm³/mol. The first-order valence-electron chi connectivity index (χ1n) is 6.43. The second-order valence-corrected chi connectivity index (χ2v) is 7.48. The quantitative estimate of drug-likeness (QED) is 0.645. The molecule has 0 bridgehead atoms. The van der Waals surface area contributed by atoms with Gasteiger partial charge in [-0.15, -0.1) is 12.4 Å². The first-order chi connectivity index (χ1) is 9.73. The molecule has 1 aliphatic rings. The zero-order chi connectivity index (χ0) is 15.8. The Hall–Kier alpha value is -0.930. The van der Waals surface area contributed by atoms with Crippen molar-refractivity contribution >= 4 is 39.7 Å². The fourth-order valence-corrected chi connectivity index (χ4v) is 4.21. The molecule has 1 aromatic carbocycles. The predicted octanol–water partition coefficient (Wildman–Crippen LogP) is 2.03. The second kappa shape index (κ2) is 7.10. The summed E-state index contributed by atoms with van der Waals surface area (Å²) in [5.74, 6) is 0.0612. The standard InChI is InChI=1S/C12H16ClN3O4S.ClH/c1-8(14)9-4-5-15(7-9)21(19,20)12-3-2-10(13)6-11(12)16(17)18;/h2-3,6,8-9H,4-5,7,14H2,1H3;1H. The number of rotatable bonds is 4. The molecule has 0 spiro atoms. The molecule has 1 aliphatic heterocycles. The van der Waals surface area contributed by atoms with Gasteiger partial charge in [-0.05, 0) is 31.4 Å². The molecule has 10 heteroatoms. The van der Waals surface area contributed by atoms with Crippen LogP contribution in [0.3, 0.4) is 0 Å². The van der Waals surface area contributed by atoms with E-state index in [4.69, 9.17) is 17.3 Å². The van der Waals surface area contributed by atoms with Crippen molar-refractivity contribution in [1.29, 1.82) is 0 Å². The lowest BCUT2D eigenvalue weighted by Crippen LogP contribution is -2.33. The highest BCUT2D eigenvalue weighted by Gasteiger charge is 2.37. The fourth-order valence-electron chi connectivity index (χ4n) is 2.39. The highest BCUT2D eigenvalue weighted by Crippen LogP contribution is 2.32. The SMILES string of the molecule is CC(N)C1CCN(S(=O)(=O)c2ccc(Cl)cc2[N+](=O)[O-])C1.Cl. The van der Waals surface area contributed by atoms with Crippen molar-refractivity contribution in [1.82, 2.24) is 4.31 Å². The van der Waals surface area contributed by atoms with Crippen LogP contribution in [-0.2, 0) is 10.0 Å². The highest BCUT2D eigenvalue weighted by molar-refractivity contribution is 7.89. The molecule has 1 fully saturated rings. The molecule has 124 valence electrons. The molecule has 0 aliphatic carbocycles. The van der Waals surface area contributed by atoms with E-state index >= 15 is 0 Å². The second-order valence-electron chi connectivity index (χ2n) is 5.14. The van der Waals surface area contributed by atoms with Crippen LogP contribution < -0.4 is 5.73 Å². The molecule has 2 rings (SSSR count). The zero-order valence-electron chi connectivity index (χ0n) is 11.8. The number of nitro groups is 1. The molecule has 0 aromatic heterocycles. The number of hydrogen-bond acceptors (Lipinski definition) is 5. The fraction of sp³-hybridized carbons (Fsp3) is 0.500. The van der Waals surface area contributed by atoms with Gasteiger partial charge in [0.05, 0.1) is 4.92 Å². The lowest BCUT2D eigenvalue weighted by molar-refractivity contribution is -0.387. The molecule has 2 N–H and O–H groups in total. The van der Waals surface area contributed by atoms with E-state index in [1.807, 2.05) is 6.92 Å². The maximum Gasteiger partial charge on any atom is 0.290 e. The summed E-state index contributed by atoms with van der Waals surface area (Å²) < 4.78 is 26.4. The average Bonchev–Trinajstić information content (AvgIpc) is 2.88. The Balaban J connectivity index is 0.00000242. The van der Waals surface area contributed by atoms with Crippen LogP contribution >= 0.6 is 24.0 Å². The topological polar surface area (TPSA) is 107 Å². The average molecular weight is 370 g/mol. The van der Waals surface area contributed by atoms with Crippen LogP contribution in [0.15, 0.2) is 23.1 Å². The Morgan fingerprint density at radius 3 is 2.64 bits per heavy atom. The highest BCUT2D eigenvalue weighted by atomic mass is 35.5. The Labute approximate surface area is 140 Å². The van der Waals surface area contributed by atoms with Crippen molar-refractivity contribution in [2.24, 2.45) is 11.7 Å². The van der Waals surface area contributed by atoms with Crippen molar-refractivity contribution in [2.45, 2.75) is 24.3 Å². The summed E-state index contributed by atoms with van der Waals surface area (Å²) in [6, 6.07) is 3.44. The van der Waals surface area contributed by atoms with Gasteiger partial charge in [-0.2, -0.15) is 4.31 Å². The Bertz CT molecular complexity index is 666. The van der Waals surface area contributed by atoms with Crippen molar-refractivity contribution in [3.05, 3.63) is 33.3 Å². The van der Waals surface area contributed by atoms with Gasteiger partial charge in [0.15, 0.2) is 4.90 Å². The maximum absolute atomic E-state index is 12.6. The first kappa shape index (κ1) is 19.1. The van der Waals surface area contributed by atoms with Gasteiger partial charge in [-0.3, -0.25) is 10.1 Å². The van der Waals surface area contributed by atoms with Gasteiger partial charge in [0.1, 0.15) is 0 Å². The van der Waals surface area contributed by atoms with Crippen LogP contribution in [0.25, 0.3) is 0 Å². The molecule has 1 heterocycles. The van der Waals surface area contributed by atoms with Crippen molar-refractivity contribution in [3.8, 4) is 0 Å². The molecular weight excluding hydrogens is 353 g/mol. The van der Waals surface area contributed by atoms with E-state index in [0.717, 1.165) is 6.07 Å². The van der Waals surface area contributed by atoms with Gasteiger partial charge < -0.3 is 5.73 Å². The van der Waals surface area contributed by atoms with Crippen LogP contribution in [0.5, 0.6) is 0 Å². The van der Waals surface area contributed by atoms with E-state index in [1.54, 1.807) is 0 Å². The molecule has 2 unspecified atom stereocenters. The number of nitrogens with zero attached hydrogens (tertiary/aromatic N) is 2. The van der Waals surface area contributed by atoms with E-state index in [-0.39, 0.29) is 40.8 Å². The third kappa shape index (κ3) is 3.69. The molecule has 1 saturated heterocycles. The lowest BCUT2D eigenvalue weighted by Gasteiger charge is -2.18. The summed E-state index contributed by atoms with van der Waals surface area (Å²) in [7, 11) is -3.92. The number of benzene rings is 1. The minimum Gasteiger partial charge on any atom is -0.328 e. The van der Waals surface area contributed by atoms with Gasteiger partial charge in [0.2, 0.25) is 10.0 Å². The van der Waals surface area contributed by atoms with E-state index in [0.29, 0.717) is 13.0 Å². The maximum atomic E-state index is 12.6. The third-order valence-corrected chi connectivity index (χ3v) is 5.81. The van der Waals surface area contributed by atoms with Crippen LogP contribution in [0, 0.1) is 16.0 Å². The van der Waals surface area contributed by atoms with Crippen LogP contribution in [0.2, 0.25) is 5.02 Å². The molecule has 22 heavy (non-hydrogen) atoms. The van der Waals surface area contributed by atoms with Gasteiger partial charge in [-0.1, -0.05) is 11.6 Å². The van der Waals surface area contributed by atoms with Crippen LogP contribution in [-0.4, -0.2) is 36.8 Å². The minimum absolute atomic E-state index is 0. The Morgan fingerprint density at radius 1 is 1.50 bits per heavy atom. The smallest absolute Gasteiger partial charge is 0.290 e. The van der Waals surface area contributed by atoms with Crippen molar-refractivity contribution in [2.75, 3.05) is 13.1 Å². The molecule has 2 atom stereocenters. The van der Waals surface area contributed by atoms with Gasteiger partial charge in [0.25, 0.3) is 5.69 Å². The summed E-state index contributed by atoms with van der Waals surface area (Å²) in [6.07, 6.45) is 0.651. The van der Waals surface area contributed by atoms with Crippen molar-refractivity contribution < 1.29 is 13.3 Å². The van der Waals surface area contributed by atoms with Crippen LogP contribution in [0.4, 0.5) is 5.69 Å².